The minimum Gasteiger partial charge on any atom is -0.338 e. The lowest BCUT2D eigenvalue weighted by Crippen LogP contribution is -2.36. The molecule has 0 aromatic heterocycles. The first-order valence-corrected chi connectivity index (χ1v) is 6.69. The van der Waals surface area contributed by atoms with E-state index >= 15 is 0 Å². The van der Waals surface area contributed by atoms with Crippen molar-refractivity contribution in [2.45, 2.75) is 31.7 Å². The van der Waals surface area contributed by atoms with Gasteiger partial charge in [-0.15, -0.1) is 0 Å². The van der Waals surface area contributed by atoms with E-state index in [0.29, 0.717) is 24.2 Å². The molecule has 0 spiro atoms. The third-order valence-corrected chi connectivity index (χ3v) is 3.53. The van der Waals surface area contributed by atoms with Crippen LogP contribution in [0.3, 0.4) is 0 Å². The highest BCUT2D eigenvalue weighted by atomic mass is 19.1. The molecule has 0 radical (unpaired) electrons. The summed E-state index contributed by atoms with van der Waals surface area (Å²) in [6.07, 6.45) is 4.17. The number of anilines is 1. The number of halogens is 1. The van der Waals surface area contributed by atoms with Crippen LogP contribution in [0.15, 0.2) is 24.3 Å². The van der Waals surface area contributed by atoms with Crippen molar-refractivity contribution < 1.29 is 9.18 Å². The molecule has 0 heterocycles. The van der Waals surface area contributed by atoms with Crippen molar-refractivity contribution in [3.8, 4) is 0 Å². The first kappa shape index (κ1) is 13.8. The summed E-state index contributed by atoms with van der Waals surface area (Å²) >= 11 is 0. The Labute approximate surface area is 112 Å². The van der Waals surface area contributed by atoms with Gasteiger partial charge in [0.05, 0.1) is 0 Å². The van der Waals surface area contributed by atoms with Crippen LogP contribution in [0.2, 0.25) is 0 Å². The zero-order valence-electron chi connectivity index (χ0n) is 10.9. The Balaban J connectivity index is 1.73. The molecule has 19 heavy (non-hydrogen) atoms. The third-order valence-electron chi connectivity index (χ3n) is 3.53. The highest BCUT2D eigenvalue weighted by molar-refractivity contribution is 5.89. The quantitative estimate of drug-likeness (QED) is 0.786. The normalized spacial score (nSPS) is 22.8. The van der Waals surface area contributed by atoms with Crippen molar-refractivity contribution in [3.05, 3.63) is 30.1 Å². The van der Waals surface area contributed by atoms with Crippen LogP contribution in [0.25, 0.3) is 0 Å². The standard InChI is InChI=1S/C14H20FN3O/c15-11-2-1-3-13(8-11)18-14(19)17-9-10-4-6-12(16)7-5-10/h1-3,8,10,12H,4-7,9,16H2,(H2,17,18,19). The Hall–Kier alpha value is -1.62. The number of urea groups is 1. The minimum absolute atomic E-state index is 0.291. The maximum Gasteiger partial charge on any atom is 0.319 e. The predicted octanol–water partition coefficient (Wildman–Crippen LogP) is 2.46. The molecule has 1 saturated carbocycles. The summed E-state index contributed by atoms with van der Waals surface area (Å²) in [5.74, 6) is 0.136. The Kier molecular flexibility index (Phi) is 4.74. The number of nitrogens with one attached hydrogen (secondary N) is 2. The van der Waals surface area contributed by atoms with E-state index in [-0.39, 0.29) is 11.8 Å². The lowest BCUT2D eigenvalue weighted by Gasteiger charge is -2.26. The van der Waals surface area contributed by atoms with Crippen LogP contribution in [-0.2, 0) is 0 Å². The van der Waals surface area contributed by atoms with Crippen molar-refractivity contribution in [1.82, 2.24) is 5.32 Å². The van der Waals surface area contributed by atoms with Crippen LogP contribution in [0, 0.1) is 11.7 Å². The van der Waals surface area contributed by atoms with Gasteiger partial charge >= 0.3 is 6.03 Å². The van der Waals surface area contributed by atoms with Crippen LogP contribution in [-0.4, -0.2) is 18.6 Å². The first-order chi connectivity index (χ1) is 9.13. The molecule has 104 valence electrons. The molecule has 2 amide bonds. The molecule has 1 aliphatic rings. The highest BCUT2D eigenvalue weighted by Gasteiger charge is 2.18. The molecule has 1 aromatic carbocycles. The Morgan fingerprint density at radius 2 is 2.05 bits per heavy atom. The molecule has 1 aliphatic carbocycles. The monoisotopic (exact) mass is 265 g/mol. The SMILES string of the molecule is NC1CCC(CNC(=O)Nc2cccc(F)c2)CC1. The van der Waals surface area contributed by atoms with Gasteiger partial charge in [0.1, 0.15) is 5.82 Å². The Bertz CT molecular complexity index is 430. The summed E-state index contributed by atoms with van der Waals surface area (Å²) < 4.78 is 12.9. The molecule has 0 atom stereocenters. The maximum atomic E-state index is 12.9. The smallest absolute Gasteiger partial charge is 0.319 e. The van der Waals surface area contributed by atoms with Crippen molar-refractivity contribution in [1.29, 1.82) is 0 Å². The molecule has 4 N–H and O–H groups in total. The number of nitrogens with two attached hydrogens (primary N) is 1. The van der Waals surface area contributed by atoms with E-state index < -0.39 is 0 Å². The largest absolute Gasteiger partial charge is 0.338 e. The number of amides is 2. The van der Waals surface area contributed by atoms with E-state index in [1.54, 1.807) is 12.1 Å². The van der Waals surface area contributed by atoms with Gasteiger partial charge in [0.25, 0.3) is 0 Å². The first-order valence-electron chi connectivity index (χ1n) is 6.69. The van der Waals surface area contributed by atoms with Gasteiger partial charge in [-0.25, -0.2) is 9.18 Å². The van der Waals surface area contributed by atoms with Gasteiger partial charge in [-0.1, -0.05) is 6.07 Å². The molecule has 5 heteroatoms. The number of hydrogen-bond donors (Lipinski definition) is 3. The van der Waals surface area contributed by atoms with Crippen LogP contribution >= 0.6 is 0 Å². The topological polar surface area (TPSA) is 67.1 Å². The van der Waals surface area contributed by atoms with Crippen molar-refractivity contribution in [2.24, 2.45) is 11.7 Å². The van der Waals surface area contributed by atoms with Gasteiger partial charge in [-0.3, -0.25) is 0 Å². The number of carbonyl (C=O) groups excluding carboxylic acids is 1. The summed E-state index contributed by atoms with van der Waals surface area (Å²) in [7, 11) is 0. The van der Waals surface area contributed by atoms with E-state index in [4.69, 9.17) is 5.73 Å². The van der Waals surface area contributed by atoms with Crippen LogP contribution in [0.5, 0.6) is 0 Å². The summed E-state index contributed by atoms with van der Waals surface area (Å²) in [6.45, 7) is 0.647. The third kappa shape index (κ3) is 4.52. The maximum absolute atomic E-state index is 12.9. The summed E-state index contributed by atoms with van der Waals surface area (Å²) in [6, 6.07) is 5.88. The molecule has 1 fully saturated rings. The van der Waals surface area contributed by atoms with Gasteiger partial charge in [-0.2, -0.15) is 0 Å². The van der Waals surface area contributed by atoms with E-state index in [9.17, 15) is 9.18 Å². The van der Waals surface area contributed by atoms with Crippen LogP contribution in [0.1, 0.15) is 25.7 Å². The number of carbonyl (C=O) groups is 1. The lowest BCUT2D eigenvalue weighted by molar-refractivity contribution is 0.246. The molecular weight excluding hydrogens is 245 g/mol. The number of rotatable bonds is 3. The molecule has 4 nitrogen and oxygen atoms in total. The summed E-state index contributed by atoms with van der Waals surface area (Å²) in [5, 5.41) is 5.44. The lowest BCUT2D eigenvalue weighted by atomic mass is 9.86. The predicted molar refractivity (Wildman–Crippen MR) is 73.4 cm³/mol. The fourth-order valence-electron chi connectivity index (χ4n) is 2.37. The van der Waals surface area contributed by atoms with Crippen molar-refractivity contribution >= 4 is 11.7 Å². The fraction of sp³-hybridized carbons (Fsp3) is 0.500. The van der Waals surface area contributed by atoms with Gasteiger partial charge in [0, 0.05) is 18.3 Å². The molecular formula is C14H20FN3O. The van der Waals surface area contributed by atoms with E-state index in [0.717, 1.165) is 25.7 Å². The van der Waals surface area contributed by atoms with Gasteiger partial charge in [-0.05, 0) is 49.8 Å². The molecule has 0 bridgehead atoms. The second kappa shape index (κ2) is 6.52. The average Bonchev–Trinajstić information content (AvgIpc) is 2.38. The Morgan fingerprint density at radius 1 is 1.32 bits per heavy atom. The second-order valence-corrected chi connectivity index (χ2v) is 5.13. The zero-order chi connectivity index (χ0) is 13.7. The molecule has 0 saturated heterocycles. The van der Waals surface area contributed by atoms with E-state index in [1.807, 2.05) is 0 Å². The van der Waals surface area contributed by atoms with Crippen LogP contribution < -0.4 is 16.4 Å². The Morgan fingerprint density at radius 3 is 2.74 bits per heavy atom. The second-order valence-electron chi connectivity index (χ2n) is 5.13. The number of benzene rings is 1. The molecule has 2 rings (SSSR count). The number of hydrogen-bond acceptors (Lipinski definition) is 2. The molecule has 0 aliphatic heterocycles. The molecule has 0 unspecified atom stereocenters. The molecule has 1 aromatic rings. The summed E-state index contributed by atoms with van der Waals surface area (Å²) in [5.41, 5.74) is 6.30. The van der Waals surface area contributed by atoms with Gasteiger partial charge < -0.3 is 16.4 Å². The van der Waals surface area contributed by atoms with Crippen molar-refractivity contribution in [2.75, 3.05) is 11.9 Å². The fourth-order valence-corrected chi connectivity index (χ4v) is 2.37. The highest BCUT2D eigenvalue weighted by Crippen LogP contribution is 2.22. The van der Waals surface area contributed by atoms with Gasteiger partial charge in [0.2, 0.25) is 0 Å². The van der Waals surface area contributed by atoms with Crippen molar-refractivity contribution in [3.63, 3.8) is 0 Å². The van der Waals surface area contributed by atoms with Gasteiger partial charge in [0.15, 0.2) is 0 Å². The van der Waals surface area contributed by atoms with E-state index in [1.165, 1.54) is 12.1 Å². The van der Waals surface area contributed by atoms with E-state index in [2.05, 4.69) is 10.6 Å². The minimum atomic E-state index is -0.362. The summed E-state index contributed by atoms with van der Waals surface area (Å²) in [4.78, 5) is 11.7. The average molecular weight is 265 g/mol. The zero-order valence-corrected chi connectivity index (χ0v) is 10.9. The van der Waals surface area contributed by atoms with Crippen LogP contribution in [0.4, 0.5) is 14.9 Å².